The van der Waals surface area contributed by atoms with Crippen LogP contribution in [-0.2, 0) is 0 Å². The lowest BCUT2D eigenvalue weighted by atomic mass is 9.99. The predicted molar refractivity (Wildman–Crippen MR) is 243 cm³/mol. The lowest BCUT2D eigenvalue weighted by Crippen LogP contribution is -2.10. The number of anilines is 4. The molecule has 2 aliphatic carbocycles. The standard InChI is InChI=1S/C54H41N3/c1-5-16-39(17-6-1)41-31-36-47(37-32-41)57-52-27-12-4-11-24-49(52)51-38-53(48-25-13-14-26-50(48)54(51)57)56(45-22-9-3-10-23-45)46-34-29-42(30-35-46)40-18-15-21-44(33-28-40)55-43-19-7-2-8-20-43/h1-3,5-17,19-38,55H,4,18H2. The minimum Gasteiger partial charge on any atom is -0.356 e. The third kappa shape index (κ3) is 6.60. The number of aromatic nitrogens is 1. The molecular weight excluding hydrogens is 691 g/mol. The van der Waals surface area contributed by atoms with Crippen molar-refractivity contribution in [2.75, 3.05) is 10.2 Å². The smallest absolute Gasteiger partial charge is 0.0621 e. The molecule has 0 radical (unpaired) electrons. The van der Waals surface area contributed by atoms with Gasteiger partial charge in [-0.1, -0.05) is 146 Å². The van der Waals surface area contributed by atoms with Gasteiger partial charge in [0.25, 0.3) is 0 Å². The van der Waals surface area contributed by atoms with E-state index in [0.29, 0.717) is 0 Å². The van der Waals surface area contributed by atoms with E-state index >= 15 is 0 Å². The molecule has 7 aromatic carbocycles. The average molecular weight is 732 g/mol. The van der Waals surface area contributed by atoms with Crippen molar-refractivity contribution in [3.8, 4) is 16.8 Å². The predicted octanol–water partition coefficient (Wildman–Crippen LogP) is 14.7. The van der Waals surface area contributed by atoms with Crippen LogP contribution >= 0.6 is 0 Å². The third-order valence-electron chi connectivity index (χ3n) is 11.0. The summed E-state index contributed by atoms with van der Waals surface area (Å²) in [5.41, 5.74) is 15.3. The normalized spacial score (nSPS) is 13.5. The zero-order chi connectivity index (χ0) is 38.0. The molecule has 0 saturated carbocycles. The summed E-state index contributed by atoms with van der Waals surface area (Å²) in [7, 11) is 0. The monoisotopic (exact) mass is 731 g/mol. The number of benzene rings is 7. The highest BCUT2D eigenvalue weighted by Crippen LogP contribution is 2.46. The Labute approximate surface area is 334 Å². The Morgan fingerprint density at radius 3 is 1.89 bits per heavy atom. The van der Waals surface area contributed by atoms with Crippen molar-refractivity contribution in [2.45, 2.75) is 12.8 Å². The highest BCUT2D eigenvalue weighted by molar-refractivity contribution is 6.17. The van der Waals surface area contributed by atoms with Gasteiger partial charge in [-0.2, -0.15) is 0 Å². The summed E-state index contributed by atoms with van der Waals surface area (Å²) in [4.78, 5) is 2.42. The highest BCUT2D eigenvalue weighted by Gasteiger charge is 2.23. The first-order valence-corrected chi connectivity index (χ1v) is 19.7. The molecule has 0 atom stereocenters. The summed E-state index contributed by atoms with van der Waals surface area (Å²) in [6.07, 6.45) is 19.7. The van der Waals surface area contributed by atoms with Crippen LogP contribution in [0.15, 0.2) is 212 Å². The number of hydrogen-bond acceptors (Lipinski definition) is 2. The van der Waals surface area contributed by atoms with E-state index in [-0.39, 0.29) is 0 Å². The van der Waals surface area contributed by atoms with E-state index in [1.165, 1.54) is 55.2 Å². The van der Waals surface area contributed by atoms with Crippen LogP contribution in [0.3, 0.4) is 0 Å². The molecule has 0 saturated heterocycles. The molecule has 0 fully saturated rings. The molecule has 1 heterocycles. The van der Waals surface area contributed by atoms with Crippen molar-refractivity contribution in [3.05, 3.63) is 229 Å². The molecule has 10 rings (SSSR count). The maximum Gasteiger partial charge on any atom is 0.0621 e. The SMILES string of the molecule is C1=Cc2c(n(-c3ccc(-c4ccccc4)cc3)c3c2cc(N(c2ccccc2)c2ccc(C4=CC=C(Nc5ccccc5)C=CC4)cc2)c2ccccc23)C=CC1. The Morgan fingerprint density at radius 2 is 1.12 bits per heavy atom. The highest BCUT2D eigenvalue weighted by atomic mass is 15.1. The molecule has 1 aromatic heterocycles. The first kappa shape index (κ1) is 34.2. The quantitative estimate of drug-likeness (QED) is 0.168. The summed E-state index contributed by atoms with van der Waals surface area (Å²) >= 11 is 0. The van der Waals surface area contributed by atoms with Crippen LogP contribution in [0.25, 0.3) is 56.2 Å². The maximum absolute atomic E-state index is 3.54. The van der Waals surface area contributed by atoms with E-state index in [1.807, 2.05) is 6.07 Å². The Balaban J connectivity index is 1.10. The average Bonchev–Trinajstić information content (AvgIpc) is 3.46. The fourth-order valence-electron chi connectivity index (χ4n) is 8.28. The molecule has 1 N–H and O–H groups in total. The van der Waals surface area contributed by atoms with E-state index in [1.54, 1.807) is 0 Å². The van der Waals surface area contributed by atoms with Gasteiger partial charge < -0.3 is 14.8 Å². The molecule has 272 valence electrons. The summed E-state index contributed by atoms with van der Waals surface area (Å²) in [6, 6.07) is 61.1. The molecule has 3 heteroatoms. The molecule has 57 heavy (non-hydrogen) atoms. The van der Waals surface area contributed by atoms with Gasteiger partial charge in [0, 0.05) is 50.2 Å². The Kier molecular flexibility index (Phi) is 9.02. The third-order valence-corrected chi connectivity index (χ3v) is 11.0. The van der Waals surface area contributed by atoms with Crippen molar-refractivity contribution in [3.63, 3.8) is 0 Å². The lowest BCUT2D eigenvalue weighted by Gasteiger charge is -2.27. The van der Waals surface area contributed by atoms with Crippen molar-refractivity contribution in [1.29, 1.82) is 0 Å². The van der Waals surface area contributed by atoms with Gasteiger partial charge in [0.05, 0.1) is 16.9 Å². The maximum atomic E-state index is 3.54. The molecule has 0 bridgehead atoms. The first-order chi connectivity index (χ1) is 28.3. The summed E-state index contributed by atoms with van der Waals surface area (Å²) in [5.74, 6) is 0. The Morgan fingerprint density at radius 1 is 0.491 bits per heavy atom. The van der Waals surface area contributed by atoms with Crippen LogP contribution in [0.2, 0.25) is 0 Å². The van der Waals surface area contributed by atoms with Gasteiger partial charge >= 0.3 is 0 Å². The largest absolute Gasteiger partial charge is 0.356 e. The number of hydrogen-bond donors (Lipinski definition) is 1. The van der Waals surface area contributed by atoms with E-state index < -0.39 is 0 Å². The van der Waals surface area contributed by atoms with E-state index in [4.69, 9.17) is 0 Å². The molecule has 2 aliphatic rings. The van der Waals surface area contributed by atoms with E-state index in [9.17, 15) is 0 Å². The molecular formula is C54H41N3. The molecule has 0 aliphatic heterocycles. The lowest BCUT2D eigenvalue weighted by molar-refractivity contribution is 1.11. The summed E-state index contributed by atoms with van der Waals surface area (Å²) < 4.78 is 2.46. The van der Waals surface area contributed by atoms with E-state index in [2.05, 4.69) is 227 Å². The second kappa shape index (κ2) is 15.1. The first-order valence-electron chi connectivity index (χ1n) is 19.7. The number of nitrogens with zero attached hydrogens (tertiary/aromatic N) is 2. The number of rotatable bonds is 8. The van der Waals surface area contributed by atoms with Gasteiger partial charge in [-0.15, -0.1) is 0 Å². The second-order valence-corrected chi connectivity index (χ2v) is 14.6. The van der Waals surface area contributed by atoms with Gasteiger partial charge in [-0.05, 0) is 108 Å². The number of nitrogens with one attached hydrogen (secondary N) is 1. The van der Waals surface area contributed by atoms with Crippen LogP contribution in [0.5, 0.6) is 0 Å². The number of allylic oxidation sites excluding steroid dienone is 7. The van der Waals surface area contributed by atoms with Crippen LogP contribution in [-0.4, -0.2) is 4.57 Å². The zero-order valence-corrected chi connectivity index (χ0v) is 31.6. The van der Waals surface area contributed by atoms with Crippen molar-refractivity contribution < 1.29 is 0 Å². The van der Waals surface area contributed by atoms with Crippen molar-refractivity contribution in [2.24, 2.45) is 0 Å². The van der Waals surface area contributed by atoms with Crippen LogP contribution in [0, 0.1) is 0 Å². The summed E-state index contributed by atoms with van der Waals surface area (Å²) in [5, 5.41) is 7.18. The minimum absolute atomic E-state index is 0.860. The molecule has 0 unspecified atom stereocenters. The number of para-hydroxylation sites is 2. The van der Waals surface area contributed by atoms with Crippen molar-refractivity contribution in [1.82, 2.24) is 4.57 Å². The van der Waals surface area contributed by atoms with E-state index in [0.717, 1.165) is 47.0 Å². The minimum atomic E-state index is 0.860. The summed E-state index contributed by atoms with van der Waals surface area (Å²) in [6.45, 7) is 0. The van der Waals surface area contributed by atoms with Crippen molar-refractivity contribution >= 4 is 62.2 Å². The second-order valence-electron chi connectivity index (χ2n) is 14.6. The van der Waals surface area contributed by atoms with Gasteiger partial charge in [-0.25, -0.2) is 0 Å². The zero-order valence-electron chi connectivity index (χ0n) is 31.6. The molecule has 3 nitrogen and oxygen atoms in total. The molecule has 0 spiro atoms. The fraction of sp³-hybridized carbons (Fsp3) is 0.0370. The molecule has 8 aromatic rings. The van der Waals surface area contributed by atoms with Gasteiger partial charge in [-0.3, -0.25) is 0 Å². The van der Waals surface area contributed by atoms with Crippen LogP contribution in [0.4, 0.5) is 22.7 Å². The van der Waals surface area contributed by atoms with Gasteiger partial charge in [0.2, 0.25) is 0 Å². The fourth-order valence-corrected chi connectivity index (χ4v) is 8.28. The topological polar surface area (TPSA) is 20.2 Å². The van der Waals surface area contributed by atoms with Gasteiger partial charge in [0.1, 0.15) is 0 Å². The van der Waals surface area contributed by atoms with Gasteiger partial charge in [0.15, 0.2) is 0 Å². The Hall–Kier alpha value is -7.36. The van der Waals surface area contributed by atoms with Crippen LogP contribution in [0.1, 0.15) is 29.7 Å². The number of fused-ring (bicyclic) bond motifs is 5. The Bertz CT molecular complexity index is 2870. The van der Waals surface area contributed by atoms with Crippen LogP contribution < -0.4 is 10.2 Å². The molecule has 0 amide bonds.